The van der Waals surface area contributed by atoms with Gasteiger partial charge in [0.05, 0.1) is 0 Å². The minimum atomic E-state index is 1.14. The van der Waals surface area contributed by atoms with E-state index in [0.29, 0.717) is 0 Å². The minimum absolute atomic E-state index is 1.14. The number of nitrogens with zero attached hydrogens (tertiary/aromatic N) is 1. The first-order valence-corrected chi connectivity index (χ1v) is 16.7. The normalized spacial score (nSPS) is 11.5. The number of benzene rings is 8. The summed E-state index contributed by atoms with van der Waals surface area (Å²) in [5, 5.41) is 4.91. The van der Waals surface area contributed by atoms with Crippen molar-refractivity contribution in [2.24, 2.45) is 0 Å². The van der Waals surface area contributed by atoms with Crippen LogP contribution in [0.25, 0.3) is 57.0 Å². The largest absolute Gasteiger partial charge is 0.310 e. The van der Waals surface area contributed by atoms with Crippen molar-refractivity contribution in [2.45, 2.75) is 0 Å². The highest BCUT2D eigenvalue weighted by Crippen LogP contribution is 2.36. The molecule has 49 heavy (non-hydrogen) atoms. The average molecular weight is 626 g/mol. The quantitative estimate of drug-likeness (QED) is 0.152. The molecule has 0 N–H and O–H groups in total. The SMILES string of the molecule is C(=Cc1ccc2cc(C=Cc3ccc4cc(N(c5ccccc5)c5ccccc5)ccc4c3)ccc2c1)c1ccc(-c2ccccc2)cc1. The predicted octanol–water partition coefficient (Wildman–Crippen LogP) is 13.5. The summed E-state index contributed by atoms with van der Waals surface area (Å²) in [5.74, 6) is 0. The lowest BCUT2D eigenvalue weighted by atomic mass is 10.0. The Bertz CT molecular complexity index is 2370. The van der Waals surface area contributed by atoms with Gasteiger partial charge in [0.25, 0.3) is 0 Å². The van der Waals surface area contributed by atoms with Gasteiger partial charge in [-0.15, -0.1) is 0 Å². The van der Waals surface area contributed by atoms with Gasteiger partial charge < -0.3 is 4.90 Å². The van der Waals surface area contributed by atoms with E-state index in [1.807, 2.05) is 0 Å². The maximum absolute atomic E-state index is 2.30. The monoisotopic (exact) mass is 625 g/mol. The molecule has 0 saturated carbocycles. The van der Waals surface area contributed by atoms with Crippen LogP contribution in [0.15, 0.2) is 188 Å². The van der Waals surface area contributed by atoms with Gasteiger partial charge in [-0.05, 0) is 110 Å². The van der Waals surface area contributed by atoms with Gasteiger partial charge in [0.1, 0.15) is 0 Å². The first-order valence-electron chi connectivity index (χ1n) is 16.7. The standard InChI is InChI=1S/C48H35N/c1-4-10-40(11-5-1)41-25-20-36(21-26-41)16-17-37-22-27-43-33-38(23-28-42(43)32-37)18-19-39-24-29-45-35-48(31-30-44(45)34-39)49(46-12-6-2-7-13-46)47-14-8-3-9-15-47/h1-35H. The maximum atomic E-state index is 2.30. The van der Waals surface area contributed by atoms with Gasteiger partial charge in [0, 0.05) is 17.1 Å². The molecule has 0 radical (unpaired) electrons. The summed E-state index contributed by atoms with van der Waals surface area (Å²) in [6, 6.07) is 67.0. The summed E-state index contributed by atoms with van der Waals surface area (Å²) in [6.07, 6.45) is 8.78. The van der Waals surface area contributed by atoms with Crippen LogP contribution in [-0.4, -0.2) is 0 Å². The zero-order valence-electron chi connectivity index (χ0n) is 27.2. The van der Waals surface area contributed by atoms with Gasteiger partial charge >= 0.3 is 0 Å². The van der Waals surface area contributed by atoms with Gasteiger partial charge in [0.2, 0.25) is 0 Å². The number of anilines is 3. The van der Waals surface area contributed by atoms with Crippen molar-refractivity contribution in [1.29, 1.82) is 0 Å². The third kappa shape index (κ3) is 6.83. The molecule has 232 valence electrons. The van der Waals surface area contributed by atoms with Crippen LogP contribution in [0.5, 0.6) is 0 Å². The Morgan fingerprint density at radius 3 is 1.12 bits per heavy atom. The van der Waals surface area contributed by atoms with Gasteiger partial charge in [-0.3, -0.25) is 0 Å². The van der Waals surface area contributed by atoms with E-state index in [-0.39, 0.29) is 0 Å². The average Bonchev–Trinajstić information content (AvgIpc) is 3.17. The number of para-hydroxylation sites is 2. The fourth-order valence-electron chi connectivity index (χ4n) is 6.39. The zero-order valence-corrected chi connectivity index (χ0v) is 27.2. The molecule has 1 nitrogen and oxygen atoms in total. The van der Waals surface area contributed by atoms with Crippen LogP contribution in [0, 0.1) is 0 Å². The lowest BCUT2D eigenvalue weighted by molar-refractivity contribution is 1.29. The number of rotatable bonds is 8. The molecule has 0 spiro atoms. The molecule has 0 amide bonds. The molecule has 0 heterocycles. The van der Waals surface area contributed by atoms with E-state index in [4.69, 9.17) is 0 Å². The number of hydrogen-bond donors (Lipinski definition) is 0. The van der Waals surface area contributed by atoms with E-state index < -0.39 is 0 Å². The molecule has 0 aliphatic carbocycles. The van der Waals surface area contributed by atoms with E-state index in [1.54, 1.807) is 0 Å². The first kappa shape index (κ1) is 29.9. The molecule has 8 aromatic rings. The van der Waals surface area contributed by atoms with E-state index in [1.165, 1.54) is 54.9 Å². The van der Waals surface area contributed by atoms with Crippen LogP contribution < -0.4 is 4.90 Å². The van der Waals surface area contributed by atoms with E-state index in [2.05, 4.69) is 217 Å². The molecule has 8 rings (SSSR count). The molecule has 0 saturated heterocycles. The molecule has 0 fully saturated rings. The molecule has 0 unspecified atom stereocenters. The molecule has 0 aliphatic heterocycles. The van der Waals surface area contributed by atoms with Crippen molar-refractivity contribution in [2.75, 3.05) is 4.90 Å². The number of fused-ring (bicyclic) bond motifs is 2. The maximum Gasteiger partial charge on any atom is 0.0468 e. The van der Waals surface area contributed by atoms with E-state index >= 15 is 0 Å². The Morgan fingerprint density at radius 1 is 0.265 bits per heavy atom. The molecule has 0 bridgehead atoms. The zero-order chi connectivity index (χ0) is 32.8. The fourth-order valence-corrected chi connectivity index (χ4v) is 6.39. The second-order valence-electron chi connectivity index (χ2n) is 12.3. The third-order valence-corrected chi connectivity index (χ3v) is 8.98. The van der Waals surface area contributed by atoms with E-state index in [9.17, 15) is 0 Å². The van der Waals surface area contributed by atoms with Gasteiger partial charge in [-0.2, -0.15) is 0 Å². The highest BCUT2D eigenvalue weighted by Gasteiger charge is 2.12. The molecule has 0 atom stereocenters. The van der Waals surface area contributed by atoms with Crippen molar-refractivity contribution in [3.8, 4) is 11.1 Å². The van der Waals surface area contributed by atoms with Gasteiger partial charge in [-0.25, -0.2) is 0 Å². The fraction of sp³-hybridized carbons (Fsp3) is 0. The topological polar surface area (TPSA) is 3.24 Å². The Balaban J connectivity index is 0.977. The molecular weight excluding hydrogens is 591 g/mol. The second-order valence-corrected chi connectivity index (χ2v) is 12.3. The summed E-state index contributed by atoms with van der Waals surface area (Å²) < 4.78 is 0. The van der Waals surface area contributed by atoms with Crippen LogP contribution in [0.4, 0.5) is 17.1 Å². The lowest BCUT2D eigenvalue weighted by Crippen LogP contribution is -2.09. The number of hydrogen-bond acceptors (Lipinski definition) is 1. The smallest absolute Gasteiger partial charge is 0.0468 e. The van der Waals surface area contributed by atoms with Crippen molar-refractivity contribution < 1.29 is 0 Å². The van der Waals surface area contributed by atoms with Crippen LogP contribution in [-0.2, 0) is 0 Å². The molecule has 8 aromatic carbocycles. The van der Waals surface area contributed by atoms with Crippen molar-refractivity contribution in [3.63, 3.8) is 0 Å². The minimum Gasteiger partial charge on any atom is -0.310 e. The third-order valence-electron chi connectivity index (χ3n) is 8.98. The van der Waals surface area contributed by atoms with Crippen LogP contribution in [0.1, 0.15) is 22.3 Å². The Morgan fingerprint density at radius 2 is 0.633 bits per heavy atom. The first-order chi connectivity index (χ1) is 24.2. The summed E-state index contributed by atoms with van der Waals surface area (Å²) >= 11 is 0. The van der Waals surface area contributed by atoms with E-state index in [0.717, 1.165) is 17.1 Å². The summed E-state index contributed by atoms with van der Waals surface area (Å²) in [5.41, 5.74) is 10.6. The Hall–Kier alpha value is -6.44. The summed E-state index contributed by atoms with van der Waals surface area (Å²) in [7, 11) is 0. The predicted molar refractivity (Wildman–Crippen MR) is 212 cm³/mol. The van der Waals surface area contributed by atoms with Crippen LogP contribution in [0.3, 0.4) is 0 Å². The second kappa shape index (κ2) is 13.7. The highest BCUT2D eigenvalue weighted by atomic mass is 15.1. The van der Waals surface area contributed by atoms with Crippen molar-refractivity contribution in [3.05, 3.63) is 210 Å². The Kier molecular flexibility index (Phi) is 8.39. The highest BCUT2D eigenvalue weighted by molar-refractivity contribution is 5.92. The molecular formula is C48H35N. The van der Waals surface area contributed by atoms with Crippen LogP contribution >= 0.6 is 0 Å². The van der Waals surface area contributed by atoms with Crippen molar-refractivity contribution in [1.82, 2.24) is 0 Å². The van der Waals surface area contributed by atoms with Crippen LogP contribution in [0.2, 0.25) is 0 Å². The summed E-state index contributed by atoms with van der Waals surface area (Å²) in [4.78, 5) is 2.30. The molecule has 0 aromatic heterocycles. The van der Waals surface area contributed by atoms with Gasteiger partial charge in [-0.1, -0.05) is 158 Å². The molecule has 1 heteroatoms. The summed E-state index contributed by atoms with van der Waals surface area (Å²) in [6.45, 7) is 0. The van der Waals surface area contributed by atoms with Crippen molar-refractivity contribution >= 4 is 62.9 Å². The molecule has 0 aliphatic rings. The Labute approximate surface area is 288 Å². The van der Waals surface area contributed by atoms with Gasteiger partial charge in [0.15, 0.2) is 0 Å². The lowest BCUT2D eigenvalue weighted by Gasteiger charge is -2.25.